The standard InChI is InChI=1S/C26H22/c1-17-10-12-19(13-11-17)25-16-21-6-3-4-8-22(21)26(25)23-9-5-7-20-14-18(2)15-24(20)23/h3-13,15-16,26H,14H2,1-2H3. The molecule has 2 aliphatic rings. The Hall–Kier alpha value is -2.86. The molecule has 0 heterocycles. The largest absolute Gasteiger partial charge is 0.0683 e. The summed E-state index contributed by atoms with van der Waals surface area (Å²) >= 11 is 0. The first kappa shape index (κ1) is 15.4. The van der Waals surface area contributed by atoms with Crippen LogP contribution in [-0.4, -0.2) is 0 Å². The fourth-order valence-corrected chi connectivity index (χ4v) is 4.47. The van der Waals surface area contributed by atoms with Crippen molar-refractivity contribution in [2.24, 2.45) is 0 Å². The summed E-state index contributed by atoms with van der Waals surface area (Å²) < 4.78 is 0. The molecule has 0 fully saturated rings. The van der Waals surface area contributed by atoms with Crippen LogP contribution in [0.4, 0.5) is 0 Å². The molecule has 3 aromatic carbocycles. The van der Waals surface area contributed by atoms with Crippen LogP contribution in [0.3, 0.4) is 0 Å². The molecule has 26 heavy (non-hydrogen) atoms. The Morgan fingerprint density at radius 3 is 2.35 bits per heavy atom. The number of benzene rings is 3. The van der Waals surface area contributed by atoms with Crippen molar-refractivity contribution in [1.82, 2.24) is 0 Å². The lowest BCUT2D eigenvalue weighted by atomic mass is 9.82. The summed E-state index contributed by atoms with van der Waals surface area (Å²) in [5.41, 5.74) is 12.6. The van der Waals surface area contributed by atoms with E-state index >= 15 is 0 Å². The number of hydrogen-bond acceptors (Lipinski definition) is 0. The number of fused-ring (bicyclic) bond motifs is 2. The van der Waals surface area contributed by atoms with Crippen LogP contribution in [-0.2, 0) is 6.42 Å². The van der Waals surface area contributed by atoms with Crippen LogP contribution < -0.4 is 0 Å². The zero-order valence-electron chi connectivity index (χ0n) is 15.3. The lowest BCUT2D eigenvalue weighted by Crippen LogP contribution is -2.04. The number of rotatable bonds is 2. The quantitative estimate of drug-likeness (QED) is 0.493. The van der Waals surface area contributed by atoms with Gasteiger partial charge in [-0.1, -0.05) is 83.9 Å². The van der Waals surface area contributed by atoms with Gasteiger partial charge in [0.25, 0.3) is 0 Å². The third-order valence-corrected chi connectivity index (χ3v) is 5.72. The van der Waals surface area contributed by atoms with Crippen LogP contribution in [0.25, 0.3) is 17.7 Å². The highest BCUT2D eigenvalue weighted by Crippen LogP contribution is 2.48. The molecule has 0 radical (unpaired) electrons. The van der Waals surface area contributed by atoms with Crippen LogP contribution in [0, 0.1) is 6.92 Å². The molecule has 0 bridgehead atoms. The van der Waals surface area contributed by atoms with Gasteiger partial charge in [0.1, 0.15) is 0 Å². The Bertz CT molecular complexity index is 1060. The molecular weight excluding hydrogens is 312 g/mol. The van der Waals surface area contributed by atoms with Crippen molar-refractivity contribution < 1.29 is 0 Å². The SMILES string of the molecule is CC1=Cc2c(cccc2C2C(c3ccc(C)cc3)=Cc3ccccc32)C1. The van der Waals surface area contributed by atoms with Gasteiger partial charge in [0.05, 0.1) is 0 Å². The molecule has 126 valence electrons. The predicted octanol–water partition coefficient (Wildman–Crippen LogP) is 6.64. The maximum Gasteiger partial charge on any atom is 0.0358 e. The zero-order chi connectivity index (χ0) is 17.7. The fraction of sp³-hybridized carbons (Fsp3) is 0.154. The van der Waals surface area contributed by atoms with E-state index in [1.54, 1.807) is 0 Å². The normalized spacial score (nSPS) is 17.5. The van der Waals surface area contributed by atoms with E-state index in [2.05, 4.69) is 92.7 Å². The van der Waals surface area contributed by atoms with Gasteiger partial charge in [-0.2, -0.15) is 0 Å². The monoisotopic (exact) mass is 334 g/mol. The number of aryl methyl sites for hydroxylation is 1. The Kier molecular flexibility index (Phi) is 3.46. The highest BCUT2D eigenvalue weighted by Gasteiger charge is 2.30. The molecule has 0 heteroatoms. The maximum atomic E-state index is 2.39. The van der Waals surface area contributed by atoms with Crippen molar-refractivity contribution in [3.05, 3.63) is 111 Å². The van der Waals surface area contributed by atoms with Crippen molar-refractivity contribution in [3.8, 4) is 0 Å². The third-order valence-electron chi connectivity index (χ3n) is 5.72. The van der Waals surface area contributed by atoms with E-state index in [9.17, 15) is 0 Å². The second-order valence-corrected chi connectivity index (χ2v) is 7.62. The summed E-state index contributed by atoms with van der Waals surface area (Å²) in [5, 5.41) is 0. The zero-order valence-corrected chi connectivity index (χ0v) is 15.3. The van der Waals surface area contributed by atoms with Gasteiger partial charge in [0, 0.05) is 5.92 Å². The molecule has 1 atom stereocenters. The molecule has 0 N–H and O–H groups in total. The van der Waals surface area contributed by atoms with Gasteiger partial charge in [-0.3, -0.25) is 0 Å². The van der Waals surface area contributed by atoms with Gasteiger partial charge in [-0.25, -0.2) is 0 Å². The molecule has 0 nitrogen and oxygen atoms in total. The van der Waals surface area contributed by atoms with Gasteiger partial charge in [-0.15, -0.1) is 0 Å². The number of allylic oxidation sites excluding steroid dienone is 2. The Morgan fingerprint density at radius 2 is 1.50 bits per heavy atom. The van der Waals surface area contributed by atoms with Gasteiger partial charge in [0.15, 0.2) is 0 Å². The first-order valence-corrected chi connectivity index (χ1v) is 9.37. The second-order valence-electron chi connectivity index (χ2n) is 7.62. The summed E-state index contributed by atoms with van der Waals surface area (Å²) in [4.78, 5) is 0. The molecule has 0 aromatic heterocycles. The minimum Gasteiger partial charge on any atom is -0.0683 e. The van der Waals surface area contributed by atoms with Crippen molar-refractivity contribution >= 4 is 17.7 Å². The fourth-order valence-electron chi connectivity index (χ4n) is 4.47. The topological polar surface area (TPSA) is 0 Å². The first-order chi connectivity index (χ1) is 12.7. The Morgan fingerprint density at radius 1 is 0.731 bits per heavy atom. The number of hydrogen-bond donors (Lipinski definition) is 0. The summed E-state index contributed by atoms with van der Waals surface area (Å²) in [7, 11) is 0. The molecule has 0 saturated heterocycles. The van der Waals surface area contributed by atoms with Crippen LogP contribution in [0.1, 0.15) is 51.8 Å². The van der Waals surface area contributed by atoms with E-state index in [1.165, 1.54) is 50.1 Å². The van der Waals surface area contributed by atoms with E-state index in [0.717, 1.165) is 6.42 Å². The van der Waals surface area contributed by atoms with E-state index in [1.807, 2.05) is 0 Å². The minimum absolute atomic E-state index is 0.311. The highest BCUT2D eigenvalue weighted by molar-refractivity contribution is 5.94. The van der Waals surface area contributed by atoms with Gasteiger partial charge in [-0.05, 0) is 65.3 Å². The molecular formula is C26H22. The highest BCUT2D eigenvalue weighted by atomic mass is 14.3. The van der Waals surface area contributed by atoms with Crippen LogP contribution in [0.2, 0.25) is 0 Å². The van der Waals surface area contributed by atoms with Crippen molar-refractivity contribution in [1.29, 1.82) is 0 Å². The Balaban J connectivity index is 1.72. The minimum atomic E-state index is 0.311. The lowest BCUT2D eigenvalue weighted by molar-refractivity contribution is 1.05. The van der Waals surface area contributed by atoms with E-state index < -0.39 is 0 Å². The van der Waals surface area contributed by atoms with E-state index in [-0.39, 0.29) is 0 Å². The summed E-state index contributed by atoms with van der Waals surface area (Å²) in [6, 6.07) is 24.7. The molecule has 1 unspecified atom stereocenters. The molecule has 2 aliphatic carbocycles. The molecule has 5 rings (SSSR count). The maximum absolute atomic E-state index is 2.39. The first-order valence-electron chi connectivity index (χ1n) is 9.37. The molecule has 0 aliphatic heterocycles. The summed E-state index contributed by atoms with van der Waals surface area (Å²) in [6.45, 7) is 4.39. The summed E-state index contributed by atoms with van der Waals surface area (Å²) in [6.07, 6.45) is 5.86. The van der Waals surface area contributed by atoms with Crippen LogP contribution >= 0.6 is 0 Å². The summed E-state index contributed by atoms with van der Waals surface area (Å²) in [5.74, 6) is 0.311. The smallest absolute Gasteiger partial charge is 0.0358 e. The van der Waals surface area contributed by atoms with Crippen LogP contribution in [0.5, 0.6) is 0 Å². The average Bonchev–Trinajstić information content (AvgIpc) is 3.21. The van der Waals surface area contributed by atoms with Crippen molar-refractivity contribution in [3.63, 3.8) is 0 Å². The predicted molar refractivity (Wildman–Crippen MR) is 111 cm³/mol. The molecule has 3 aromatic rings. The third kappa shape index (κ3) is 2.37. The molecule has 0 saturated carbocycles. The van der Waals surface area contributed by atoms with E-state index in [4.69, 9.17) is 0 Å². The van der Waals surface area contributed by atoms with Crippen LogP contribution in [0.15, 0.2) is 72.3 Å². The van der Waals surface area contributed by atoms with Gasteiger partial charge in [0.2, 0.25) is 0 Å². The van der Waals surface area contributed by atoms with Gasteiger partial charge >= 0.3 is 0 Å². The lowest BCUT2D eigenvalue weighted by Gasteiger charge is -2.21. The molecule has 0 spiro atoms. The van der Waals surface area contributed by atoms with Crippen molar-refractivity contribution in [2.75, 3.05) is 0 Å². The average molecular weight is 334 g/mol. The molecule has 0 amide bonds. The Labute approximate surface area is 155 Å². The van der Waals surface area contributed by atoms with Crippen molar-refractivity contribution in [2.45, 2.75) is 26.2 Å². The van der Waals surface area contributed by atoms with E-state index in [0.29, 0.717) is 5.92 Å². The second kappa shape index (κ2) is 5.85. The van der Waals surface area contributed by atoms with Gasteiger partial charge < -0.3 is 0 Å².